The molecule has 0 unspecified atom stereocenters. The molecule has 2 aromatic heterocycles. The molecule has 0 bridgehead atoms. The Morgan fingerprint density at radius 3 is 2.90 bits per heavy atom. The number of hydrogen-bond donors (Lipinski definition) is 2. The van der Waals surface area contributed by atoms with Crippen molar-refractivity contribution in [3.63, 3.8) is 0 Å². The number of fused-ring (bicyclic) bond motifs is 2. The fourth-order valence-electron chi connectivity index (χ4n) is 4.07. The van der Waals surface area contributed by atoms with Crippen LogP contribution in [-0.4, -0.2) is 42.6 Å². The van der Waals surface area contributed by atoms with Crippen molar-refractivity contribution in [2.75, 3.05) is 43.4 Å². The predicted molar refractivity (Wildman–Crippen MR) is 120 cm³/mol. The second kappa shape index (κ2) is 7.55. The molecule has 3 aromatic rings. The number of benzene rings is 1. The van der Waals surface area contributed by atoms with E-state index in [0.29, 0.717) is 27.6 Å². The van der Waals surface area contributed by atoms with E-state index in [-0.39, 0.29) is 0 Å². The first-order valence-electron chi connectivity index (χ1n) is 9.79. The maximum absolute atomic E-state index is 15.7. The van der Waals surface area contributed by atoms with Crippen LogP contribution in [0.2, 0.25) is 5.02 Å². The smallest absolute Gasteiger partial charge is 0.161 e. The number of aryl methyl sites for hydroxylation is 1. The average molecular weight is 430 g/mol. The van der Waals surface area contributed by atoms with Crippen LogP contribution in [0.3, 0.4) is 0 Å². The summed E-state index contributed by atoms with van der Waals surface area (Å²) < 4.78 is 20.2. The number of rotatable bonds is 3. The van der Waals surface area contributed by atoms with Crippen molar-refractivity contribution in [3.05, 3.63) is 40.2 Å². The zero-order valence-electron chi connectivity index (χ0n) is 16.1. The molecule has 2 aliphatic rings. The highest BCUT2D eigenvalue weighted by Crippen LogP contribution is 2.42. The van der Waals surface area contributed by atoms with Gasteiger partial charge in [0.25, 0.3) is 0 Å². The first kappa shape index (κ1) is 18.8. The summed E-state index contributed by atoms with van der Waals surface area (Å²) in [6.07, 6.45) is 5.99. The molecule has 0 amide bonds. The molecular weight excluding hydrogens is 409 g/mol. The van der Waals surface area contributed by atoms with Gasteiger partial charge < -0.3 is 15.5 Å². The normalized spacial score (nSPS) is 16.3. The van der Waals surface area contributed by atoms with Gasteiger partial charge in [0.15, 0.2) is 5.82 Å². The fraction of sp³-hybridized carbons (Fsp3) is 0.333. The monoisotopic (exact) mass is 429 g/mol. The second-order valence-electron chi connectivity index (χ2n) is 7.29. The Morgan fingerprint density at radius 2 is 2.10 bits per heavy atom. The van der Waals surface area contributed by atoms with E-state index in [9.17, 15) is 0 Å². The van der Waals surface area contributed by atoms with Crippen LogP contribution in [0.1, 0.15) is 17.5 Å². The highest BCUT2D eigenvalue weighted by Gasteiger charge is 2.25. The van der Waals surface area contributed by atoms with Gasteiger partial charge in [-0.1, -0.05) is 23.8 Å². The molecule has 0 spiro atoms. The number of piperazine rings is 1. The number of pyridine rings is 1. The van der Waals surface area contributed by atoms with Gasteiger partial charge in [-0.15, -0.1) is 0 Å². The zero-order valence-corrected chi connectivity index (χ0v) is 17.6. The Kier molecular flexibility index (Phi) is 4.89. The van der Waals surface area contributed by atoms with E-state index in [2.05, 4.69) is 31.0 Å². The standard InChI is InChI=1S/C21H21ClFN5S/c1-24-16-10-12-4-2-3-5-13(12)19(26-16)17-15(22)11-14-20(18(17)23)27-29-21(14)28-8-6-25-7-9-28/h3,5,10-11,25H,2,4,6-9H2,1H3,(H,24,26). The molecule has 0 atom stereocenters. The minimum Gasteiger partial charge on any atom is -0.373 e. The lowest BCUT2D eigenvalue weighted by atomic mass is 9.93. The summed E-state index contributed by atoms with van der Waals surface area (Å²) in [5.41, 5.74) is 3.36. The summed E-state index contributed by atoms with van der Waals surface area (Å²) in [5, 5.41) is 8.55. The minimum absolute atomic E-state index is 0.330. The largest absolute Gasteiger partial charge is 0.373 e. The van der Waals surface area contributed by atoms with Gasteiger partial charge in [-0.2, -0.15) is 4.37 Å². The summed E-state index contributed by atoms with van der Waals surface area (Å²) in [7, 11) is 1.82. The predicted octanol–water partition coefficient (Wildman–Crippen LogP) is 4.56. The van der Waals surface area contributed by atoms with Crippen molar-refractivity contribution in [3.8, 4) is 11.3 Å². The Hall–Kier alpha value is -2.22. The minimum atomic E-state index is -0.396. The van der Waals surface area contributed by atoms with Gasteiger partial charge >= 0.3 is 0 Å². The van der Waals surface area contributed by atoms with Crippen molar-refractivity contribution >= 4 is 50.9 Å². The fourth-order valence-corrected chi connectivity index (χ4v) is 5.26. The molecule has 150 valence electrons. The molecular formula is C21H21ClFN5S. The van der Waals surface area contributed by atoms with Crippen molar-refractivity contribution in [1.29, 1.82) is 0 Å². The number of aromatic nitrogens is 2. The highest BCUT2D eigenvalue weighted by atomic mass is 35.5. The van der Waals surface area contributed by atoms with Crippen molar-refractivity contribution in [2.24, 2.45) is 0 Å². The highest BCUT2D eigenvalue weighted by molar-refractivity contribution is 7.11. The van der Waals surface area contributed by atoms with E-state index in [1.54, 1.807) is 0 Å². The maximum atomic E-state index is 15.7. The second-order valence-corrected chi connectivity index (χ2v) is 8.45. The van der Waals surface area contributed by atoms with E-state index in [1.807, 2.05) is 25.3 Å². The molecule has 29 heavy (non-hydrogen) atoms. The molecule has 2 N–H and O–H groups in total. The lowest BCUT2D eigenvalue weighted by molar-refractivity contribution is 0.592. The van der Waals surface area contributed by atoms with Gasteiger partial charge in [0, 0.05) is 44.2 Å². The summed E-state index contributed by atoms with van der Waals surface area (Å²) in [6.45, 7) is 3.57. The number of nitrogens with one attached hydrogen (secondary N) is 2. The molecule has 1 fully saturated rings. The van der Waals surface area contributed by atoms with Crippen LogP contribution in [0.4, 0.5) is 15.2 Å². The van der Waals surface area contributed by atoms with E-state index >= 15 is 4.39 Å². The quantitative estimate of drug-likeness (QED) is 0.639. The molecule has 1 saturated heterocycles. The van der Waals surface area contributed by atoms with E-state index in [1.165, 1.54) is 11.5 Å². The lowest BCUT2D eigenvalue weighted by Gasteiger charge is -2.28. The number of allylic oxidation sites excluding steroid dienone is 1. The lowest BCUT2D eigenvalue weighted by Crippen LogP contribution is -2.43. The molecule has 8 heteroatoms. The van der Waals surface area contributed by atoms with Crippen molar-refractivity contribution in [2.45, 2.75) is 12.8 Å². The molecule has 0 radical (unpaired) electrons. The average Bonchev–Trinajstić information content (AvgIpc) is 3.18. The summed E-state index contributed by atoms with van der Waals surface area (Å²) in [4.78, 5) is 6.92. The van der Waals surface area contributed by atoms with Gasteiger partial charge in [0.2, 0.25) is 0 Å². The molecule has 5 nitrogen and oxygen atoms in total. The van der Waals surface area contributed by atoms with Crippen LogP contribution in [0.5, 0.6) is 0 Å². The Morgan fingerprint density at radius 1 is 1.28 bits per heavy atom. The van der Waals surface area contributed by atoms with Crippen LogP contribution in [0.25, 0.3) is 28.2 Å². The number of halogens is 2. The number of hydrogen-bond acceptors (Lipinski definition) is 6. The van der Waals surface area contributed by atoms with Crippen LogP contribution >= 0.6 is 23.1 Å². The van der Waals surface area contributed by atoms with Crippen LogP contribution in [-0.2, 0) is 6.42 Å². The molecule has 5 rings (SSSR count). The van der Waals surface area contributed by atoms with E-state index in [4.69, 9.17) is 11.6 Å². The molecule has 3 heterocycles. The first-order valence-corrected chi connectivity index (χ1v) is 10.9. The van der Waals surface area contributed by atoms with E-state index < -0.39 is 5.82 Å². The number of anilines is 2. The summed E-state index contributed by atoms with van der Waals surface area (Å²) in [6, 6.07) is 3.88. The maximum Gasteiger partial charge on any atom is 0.161 e. The van der Waals surface area contributed by atoms with Crippen LogP contribution < -0.4 is 15.5 Å². The van der Waals surface area contributed by atoms with Gasteiger partial charge in [-0.3, -0.25) is 0 Å². The molecule has 1 aromatic carbocycles. The van der Waals surface area contributed by atoms with Crippen molar-refractivity contribution < 1.29 is 4.39 Å². The van der Waals surface area contributed by atoms with Gasteiger partial charge in [0.1, 0.15) is 16.3 Å². The summed E-state index contributed by atoms with van der Waals surface area (Å²) in [5.74, 6) is 0.316. The first-order chi connectivity index (χ1) is 14.2. The van der Waals surface area contributed by atoms with Crippen LogP contribution in [0.15, 0.2) is 18.2 Å². The SMILES string of the molecule is CNc1cc2c(c(-c3c(Cl)cc4c(N5CCNCC5)snc4c3F)n1)C=CCC2. The van der Waals surface area contributed by atoms with Gasteiger partial charge in [0.05, 0.1) is 16.3 Å². The third kappa shape index (κ3) is 3.17. The van der Waals surface area contributed by atoms with Crippen molar-refractivity contribution in [1.82, 2.24) is 14.7 Å². The summed E-state index contributed by atoms with van der Waals surface area (Å²) >= 11 is 8.01. The molecule has 0 saturated carbocycles. The Bertz CT molecular complexity index is 1120. The molecule has 1 aliphatic heterocycles. The Labute approximate surface area is 177 Å². The number of nitrogens with zero attached hydrogens (tertiary/aromatic N) is 3. The zero-order chi connectivity index (χ0) is 20.0. The topological polar surface area (TPSA) is 53.1 Å². The van der Waals surface area contributed by atoms with Gasteiger partial charge in [-0.05, 0) is 42.1 Å². The van der Waals surface area contributed by atoms with Crippen LogP contribution in [0, 0.1) is 5.82 Å². The van der Waals surface area contributed by atoms with E-state index in [0.717, 1.165) is 60.5 Å². The third-order valence-corrected chi connectivity index (χ3v) is 6.78. The van der Waals surface area contributed by atoms with Gasteiger partial charge in [-0.25, -0.2) is 9.37 Å². The Balaban J connectivity index is 1.70. The third-order valence-electron chi connectivity index (χ3n) is 5.55. The molecule has 1 aliphatic carbocycles.